The third-order valence-electron chi connectivity index (χ3n) is 4.48. The van der Waals surface area contributed by atoms with Crippen LogP contribution in [0.5, 0.6) is 0 Å². The van der Waals surface area contributed by atoms with Crippen LogP contribution in [0.15, 0.2) is 67.0 Å². The summed E-state index contributed by atoms with van der Waals surface area (Å²) < 4.78 is 2.15. The van der Waals surface area contributed by atoms with Gasteiger partial charge in [-0.25, -0.2) is 4.98 Å². The predicted molar refractivity (Wildman–Crippen MR) is 96.8 cm³/mol. The van der Waals surface area contributed by atoms with E-state index in [-0.39, 0.29) is 0 Å². The Labute approximate surface area is 138 Å². The number of pyridine rings is 2. The molecule has 0 spiro atoms. The van der Waals surface area contributed by atoms with Gasteiger partial charge in [-0.2, -0.15) is 0 Å². The molecule has 4 heteroatoms. The van der Waals surface area contributed by atoms with Gasteiger partial charge in [0, 0.05) is 35.8 Å². The smallest absolute Gasteiger partial charge is 0.140 e. The molecule has 0 bridgehead atoms. The summed E-state index contributed by atoms with van der Waals surface area (Å²) in [5.74, 6) is 0.951. The molecular formula is C20H14N4. The number of nitrogens with zero attached hydrogens (tertiary/aromatic N) is 4. The minimum Gasteiger partial charge on any atom is -0.327 e. The molecule has 0 N–H and O–H groups in total. The van der Waals surface area contributed by atoms with Gasteiger partial charge in [0.05, 0.1) is 22.1 Å². The molecule has 3 aromatic heterocycles. The van der Waals surface area contributed by atoms with Crippen molar-refractivity contribution in [3.05, 3.63) is 67.0 Å². The summed E-state index contributed by atoms with van der Waals surface area (Å²) in [5, 5.41) is 2.12. The summed E-state index contributed by atoms with van der Waals surface area (Å²) in [4.78, 5) is 14.1. The second-order valence-corrected chi connectivity index (χ2v) is 5.86. The standard InChI is InChI=1S/C20H14N4/c1-24-19-15-10-6-12-22-17(15)16-14(9-5-11-21-16)18(19)23-20(24)13-7-3-2-4-8-13/h2-12H,1H3. The zero-order valence-corrected chi connectivity index (χ0v) is 13.1. The van der Waals surface area contributed by atoms with Crippen molar-refractivity contribution in [1.29, 1.82) is 0 Å². The van der Waals surface area contributed by atoms with Crippen LogP contribution in [0.1, 0.15) is 0 Å². The molecule has 3 heterocycles. The van der Waals surface area contributed by atoms with E-state index in [2.05, 4.69) is 45.8 Å². The third kappa shape index (κ3) is 1.71. The molecule has 0 unspecified atom stereocenters. The van der Waals surface area contributed by atoms with E-state index in [9.17, 15) is 0 Å². The van der Waals surface area contributed by atoms with Gasteiger partial charge in [-0.3, -0.25) is 9.97 Å². The van der Waals surface area contributed by atoms with E-state index < -0.39 is 0 Å². The number of fused-ring (bicyclic) bond motifs is 6. The number of hydrogen-bond acceptors (Lipinski definition) is 3. The average Bonchev–Trinajstić information content (AvgIpc) is 3.01. The normalized spacial score (nSPS) is 11.5. The predicted octanol–water partition coefficient (Wildman–Crippen LogP) is 4.34. The van der Waals surface area contributed by atoms with Crippen molar-refractivity contribution in [2.24, 2.45) is 7.05 Å². The van der Waals surface area contributed by atoms with Crippen molar-refractivity contribution in [3.63, 3.8) is 0 Å². The number of aromatic nitrogens is 4. The van der Waals surface area contributed by atoms with Crippen LogP contribution in [-0.4, -0.2) is 19.5 Å². The summed E-state index contributed by atoms with van der Waals surface area (Å²) in [6.07, 6.45) is 3.63. The van der Waals surface area contributed by atoms with Gasteiger partial charge >= 0.3 is 0 Å². The Morgan fingerprint density at radius 2 is 1.38 bits per heavy atom. The topological polar surface area (TPSA) is 43.6 Å². The molecule has 24 heavy (non-hydrogen) atoms. The van der Waals surface area contributed by atoms with Crippen LogP contribution in [-0.2, 0) is 7.05 Å². The second-order valence-electron chi connectivity index (χ2n) is 5.86. The maximum Gasteiger partial charge on any atom is 0.140 e. The molecule has 0 atom stereocenters. The Morgan fingerprint density at radius 1 is 0.708 bits per heavy atom. The van der Waals surface area contributed by atoms with Crippen LogP contribution in [0, 0.1) is 0 Å². The Bertz CT molecular complexity index is 1210. The number of imidazole rings is 1. The number of aryl methyl sites for hydroxylation is 1. The summed E-state index contributed by atoms with van der Waals surface area (Å²) in [7, 11) is 2.06. The van der Waals surface area contributed by atoms with Crippen molar-refractivity contribution < 1.29 is 0 Å². The highest BCUT2D eigenvalue weighted by Crippen LogP contribution is 2.34. The molecule has 0 aliphatic rings. The first-order valence-corrected chi connectivity index (χ1v) is 7.88. The van der Waals surface area contributed by atoms with Gasteiger partial charge in [0.2, 0.25) is 0 Å². The van der Waals surface area contributed by atoms with E-state index in [1.54, 1.807) is 0 Å². The number of rotatable bonds is 1. The largest absolute Gasteiger partial charge is 0.327 e. The first-order valence-electron chi connectivity index (χ1n) is 7.88. The van der Waals surface area contributed by atoms with Crippen LogP contribution in [0.4, 0.5) is 0 Å². The van der Waals surface area contributed by atoms with Crippen molar-refractivity contribution >= 4 is 32.8 Å². The maximum absolute atomic E-state index is 4.96. The second kappa shape index (κ2) is 4.86. The molecular weight excluding hydrogens is 296 g/mol. The van der Waals surface area contributed by atoms with Gasteiger partial charge < -0.3 is 4.57 Å². The first kappa shape index (κ1) is 13.2. The highest BCUT2D eigenvalue weighted by molar-refractivity contribution is 6.21. The fraction of sp³-hybridized carbons (Fsp3) is 0.0500. The van der Waals surface area contributed by atoms with Gasteiger partial charge in [-0.15, -0.1) is 0 Å². The molecule has 0 amide bonds. The van der Waals surface area contributed by atoms with Gasteiger partial charge in [0.1, 0.15) is 5.82 Å². The summed E-state index contributed by atoms with van der Waals surface area (Å²) >= 11 is 0. The summed E-state index contributed by atoms with van der Waals surface area (Å²) in [6.45, 7) is 0. The van der Waals surface area contributed by atoms with Gasteiger partial charge in [-0.05, 0) is 24.3 Å². The van der Waals surface area contributed by atoms with Crippen LogP contribution in [0.25, 0.3) is 44.2 Å². The molecule has 2 aromatic carbocycles. The lowest BCUT2D eigenvalue weighted by Crippen LogP contribution is -1.93. The Kier molecular flexibility index (Phi) is 2.67. The van der Waals surface area contributed by atoms with Crippen molar-refractivity contribution in [3.8, 4) is 11.4 Å². The van der Waals surface area contributed by atoms with Crippen molar-refractivity contribution in [2.45, 2.75) is 0 Å². The Morgan fingerprint density at radius 3 is 2.12 bits per heavy atom. The highest BCUT2D eigenvalue weighted by atomic mass is 15.1. The lowest BCUT2D eigenvalue weighted by atomic mass is 10.1. The van der Waals surface area contributed by atoms with E-state index in [0.29, 0.717) is 0 Å². The SMILES string of the molecule is Cn1c(-c2ccccc2)nc2c3cccnc3c3ncccc3c21. The summed E-state index contributed by atoms with van der Waals surface area (Å²) in [6, 6.07) is 18.3. The maximum atomic E-state index is 4.96. The van der Waals surface area contributed by atoms with Gasteiger partial charge in [-0.1, -0.05) is 30.3 Å². The van der Waals surface area contributed by atoms with Crippen LogP contribution >= 0.6 is 0 Å². The van der Waals surface area contributed by atoms with Crippen molar-refractivity contribution in [1.82, 2.24) is 19.5 Å². The van der Waals surface area contributed by atoms with E-state index in [1.165, 1.54) is 0 Å². The fourth-order valence-corrected chi connectivity index (χ4v) is 3.41. The molecule has 0 radical (unpaired) electrons. The minimum atomic E-state index is 0.901. The third-order valence-corrected chi connectivity index (χ3v) is 4.48. The first-order chi connectivity index (χ1) is 11.8. The van der Waals surface area contributed by atoms with E-state index in [1.807, 2.05) is 42.7 Å². The van der Waals surface area contributed by atoms with E-state index in [0.717, 1.165) is 44.2 Å². The molecule has 0 aliphatic heterocycles. The Balaban J connectivity index is 2.04. The van der Waals surface area contributed by atoms with E-state index >= 15 is 0 Å². The molecule has 0 fully saturated rings. The van der Waals surface area contributed by atoms with Crippen molar-refractivity contribution in [2.75, 3.05) is 0 Å². The average molecular weight is 310 g/mol. The molecule has 4 nitrogen and oxygen atoms in total. The zero-order chi connectivity index (χ0) is 16.1. The van der Waals surface area contributed by atoms with Crippen LogP contribution in [0.2, 0.25) is 0 Å². The molecule has 0 saturated heterocycles. The van der Waals surface area contributed by atoms with E-state index in [4.69, 9.17) is 4.98 Å². The molecule has 0 saturated carbocycles. The van der Waals surface area contributed by atoms with Gasteiger partial charge in [0.25, 0.3) is 0 Å². The van der Waals surface area contributed by atoms with Crippen LogP contribution < -0.4 is 0 Å². The van der Waals surface area contributed by atoms with Gasteiger partial charge in [0.15, 0.2) is 0 Å². The molecule has 114 valence electrons. The minimum absolute atomic E-state index is 0.901. The number of benzene rings is 2. The molecule has 0 aliphatic carbocycles. The molecule has 5 rings (SSSR count). The lowest BCUT2D eigenvalue weighted by Gasteiger charge is -2.06. The quantitative estimate of drug-likeness (QED) is 0.433. The number of hydrogen-bond donors (Lipinski definition) is 0. The zero-order valence-electron chi connectivity index (χ0n) is 13.1. The Hall–Kier alpha value is -3.27. The van der Waals surface area contributed by atoms with Crippen LogP contribution in [0.3, 0.4) is 0 Å². The molecule has 5 aromatic rings. The fourth-order valence-electron chi connectivity index (χ4n) is 3.41. The monoisotopic (exact) mass is 310 g/mol. The lowest BCUT2D eigenvalue weighted by molar-refractivity contribution is 0.962. The summed E-state index contributed by atoms with van der Waals surface area (Å²) in [5.41, 5.74) is 4.99. The highest BCUT2D eigenvalue weighted by Gasteiger charge is 2.17.